The lowest BCUT2D eigenvalue weighted by atomic mass is 10.1. The summed E-state index contributed by atoms with van der Waals surface area (Å²) >= 11 is 0. The smallest absolute Gasteiger partial charge is 0.315 e. The topological polar surface area (TPSA) is 44.4 Å². The molecule has 20 heavy (non-hydrogen) atoms. The molecule has 0 radical (unpaired) electrons. The van der Waals surface area contributed by atoms with Crippen molar-refractivity contribution in [1.82, 2.24) is 15.5 Å². The number of hydrogen-bond acceptors (Lipinski definition) is 2. The number of likely N-dealkylation sites (tertiary alicyclic amines) is 1. The molecule has 1 aliphatic heterocycles. The Morgan fingerprint density at radius 3 is 2.70 bits per heavy atom. The van der Waals surface area contributed by atoms with E-state index in [9.17, 15) is 4.79 Å². The summed E-state index contributed by atoms with van der Waals surface area (Å²) in [6, 6.07) is 8.41. The third kappa shape index (κ3) is 4.85. The lowest BCUT2D eigenvalue weighted by molar-refractivity contribution is 0.240. The van der Waals surface area contributed by atoms with Gasteiger partial charge in [-0.2, -0.15) is 0 Å². The van der Waals surface area contributed by atoms with E-state index in [-0.39, 0.29) is 6.03 Å². The molecule has 1 aromatic rings. The first-order chi connectivity index (χ1) is 9.78. The largest absolute Gasteiger partial charge is 0.338 e. The van der Waals surface area contributed by atoms with Gasteiger partial charge in [0.05, 0.1) is 0 Å². The SMILES string of the molecule is CCCNC(=O)NCc1cccc(CN2CCCC2)c1. The second-order valence-corrected chi connectivity index (χ2v) is 5.41. The van der Waals surface area contributed by atoms with E-state index in [0.717, 1.165) is 25.1 Å². The van der Waals surface area contributed by atoms with Gasteiger partial charge in [-0.25, -0.2) is 4.79 Å². The van der Waals surface area contributed by atoms with Crippen molar-refractivity contribution in [3.8, 4) is 0 Å². The van der Waals surface area contributed by atoms with Gasteiger partial charge in [0.1, 0.15) is 0 Å². The van der Waals surface area contributed by atoms with E-state index in [1.54, 1.807) is 0 Å². The number of nitrogens with one attached hydrogen (secondary N) is 2. The van der Waals surface area contributed by atoms with Gasteiger partial charge in [0.2, 0.25) is 0 Å². The number of benzene rings is 1. The van der Waals surface area contributed by atoms with Crippen LogP contribution in [0.2, 0.25) is 0 Å². The molecule has 2 rings (SSSR count). The number of urea groups is 1. The van der Waals surface area contributed by atoms with Crippen LogP contribution < -0.4 is 10.6 Å². The standard InChI is InChI=1S/C16H25N3O/c1-2-8-17-16(20)18-12-14-6-5-7-15(11-14)13-19-9-3-4-10-19/h5-7,11H,2-4,8-10,12-13H2,1H3,(H2,17,18,20). The molecule has 1 fully saturated rings. The number of carbonyl (C=O) groups excluding carboxylic acids is 1. The Hall–Kier alpha value is -1.55. The highest BCUT2D eigenvalue weighted by Gasteiger charge is 2.11. The lowest BCUT2D eigenvalue weighted by Gasteiger charge is -2.15. The van der Waals surface area contributed by atoms with Crippen molar-refractivity contribution < 1.29 is 4.79 Å². The van der Waals surface area contributed by atoms with Crippen LogP contribution >= 0.6 is 0 Å². The van der Waals surface area contributed by atoms with E-state index in [2.05, 4.69) is 39.8 Å². The number of carbonyl (C=O) groups is 1. The van der Waals surface area contributed by atoms with Crippen molar-refractivity contribution in [2.45, 2.75) is 39.3 Å². The minimum absolute atomic E-state index is 0.0863. The first kappa shape index (κ1) is 14.9. The highest BCUT2D eigenvalue weighted by Crippen LogP contribution is 2.13. The first-order valence-electron chi connectivity index (χ1n) is 7.60. The van der Waals surface area contributed by atoms with Crippen LogP contribution in [0.25, 0.3) is 0 Å². The molecule has 4 heteroatoms. The van der Waals surface area contributed by atoms with Gasteiger partial charge in [-0.3, -0.25) is 4.90 Å². The third-order valence-corrected chi connectivity index (χ3v) is 3.58. The Labute approximate surface area is 121 Å². The molecule has 1 saturated heterocycles. The Morgan fingerprint density at radius 1 is 1.20 bits per heavy atom. The summed E-state index contributed by atoms with van der Waals surface area (Å²) in [5, 5.41) is 5.71. The predicted molar refractivity (Wildman–Crippen MR) is 81.5 cm³/mol. The maximum Gasteiger partial charge on any atom is 0.315 e. The van der Waals surface area contributed by atoms with Crippen LogP contribution in [-0.4, -0.2) is 30.6 Å². The Balaban J connectivity index is 1.81. The first-order valence-corrected chi connectivity index (χ1v) is 7.60. The maximum atomic E-state index is 11.5. The van der Waals surface area contributed by atoms with Crippen molar-refractivity contribution in [2.75, 3.05) is 19.6 Å². The summed E-state index contributed by atoms with van der Waals surface area (Å²) in [6.07, 6.45) is 3.59. The molecular formula is C16H25N3O. The number of rotatable bonds is 6. The highest BCUT2D eigenvalue weighted by atomic mass is 16.2. The maximum absolute atomic E-state index is 11.5. The van der Waals surface area contributed by atoms with Crippen LogP contribution in [0.5, 0.6) is 0 Å². The van der Waals surface area contributed by atoms with Crippen LogP contribution in [0.3, 0.4) is 0 Å². The zero-order chi connectivity index (χ0) is 14.2. The van der Waals surface area contributed by atoms with E-state index in [1.807, 2.05) is 6.92 Å². The van der Waals surface area contributed by atoms with Gasteiger partial charge in [-0.05, 0) is 43.5 Å². The number of hydrogen-bond donors (Lipinski definition) is 2. The normalized spacial score (nSPS) is 15.2. The molecule has 1 aromatic carbocycles. The van der Waals surface area contributed by atoms with E-state index >= 15 is 0 Å². The molecule has 0 aliphatic carbocycles. The fourth-order valence-corrected chi connectivity index (χ4v) is 2.52. The van der Waals surface area contributed by atoms with Crippen molar-refractivity contribution in [1.29, 1.82) is 0 Å². The molecule has 0 spiro atoms. The quantitative estimate of drug-likeness (QED) is 0.838. The second kappa shape index (κ2) is 7.90. The predicted octanol–water partition coefficient (Wildman–Crippen LogP) is 2.49. The Kier molecular flexibility index (Phi) is 5.87. The van der Waals surface area contributed by atoms with Gasteiger partial charge < -0.3 is 10.6 Å². The van der Waals surface area contributed by atoms with E-state index in [4.69, 9.17) is 0 Å². The molecule has 110 valence electrons. The zero-order valence-electron chi connectivity index (χ0n) is 12.3. The zero-order valence-corrected chi connectivity index (χ0v) is 12.3. The molecule has 4 nitrogen and oxygen atoms in total. The minimum Gasteiger partial charge on any atom is -0.338 e. The van der Waals surface area contributed by atoms with Crippen LogP contribution in [-0.2, 0) is 13.1 Å². The van der Waals surface area contributed by atoms with Gasteiger partial charge in [-0.1, -0.05) is 31.2 Å². The third-order valence-electron chi connectivity index (χ3n) is 3.58. The summed E-state index contributed by atoms with van der Waals surface area (Å²) in [7, 11) is 0. The summed E-state index contributed by atoms with van der Waals surface area (Å²) in [4.78, 5) is 14.0. The number of nitrogens with zero attached hydrogens (tertiary/aromatic N) is 1. The van der Waals surface area contributed by atoms with Crippen molar-refractivity contribution >= 4 is 6.03 Å². The molecule has 2 amide bonds. The monoisotopic (exact) mass is 275 g/mol. The van der Waals surface area contributed by atoms with E-state index < -0.39 is 0 Å². The molecule has 1 heterocycles. The van der Waals surface area contributed by atoms with Gasteiger partial charge in [0.25, 0.3) is 0 Å². The van der Waals surface area contributed by atoms with E-state index in [0.29, 0.717) is 6.54 Å². The molecular weight excluding hydrogens is 250 g/mol. The summed E-state index contributed by atoms with van der Waals surface area (Å²) in [5.41, 5.74) is 2.49. The van der Waals surface area contributed by atoms with Crippen LogP contribution in [0.1, 0.15) is 37.3 Å². The minimum atomic E-state index is -0.0863. The fraction of sp³-hybridized carbons (Fsp3) is 0.562. The fourth-order valence-electron chi connectivity index (χ4n) is 2.52. The average molecular weight is 275 g/mol. The molecule has 0 bridgehead atoms. The molecule has 0 aromatic heterocycles. The second-order valence-electron chi connectivity index (χ2n) is 5.41. The average Bonchev–Trinajstić information content (AvgIpc) is 2.96. The van der Waals surface area contributed by atoms with Gasteiger partial charge in [0, 0.05) is 19.6 Å². The molecule has 0 saturated carbocycles. The van der Waals surface area contributed by atoms with Crippen LogP contribution in [0, 0.1) is 0 Å². The molecule has 2 N–H and O–H groups in total. The van der Waals surface area contributed by atoms with Gasteiger partial charge in [-0.15, -0.1) is 0 Å². The van der Waals surface area contributed by atoms with Crippen molar-refractivity contribution in [3.63, 3.8) is 0 Å². The Bertz CT molecular complexity index is 427. The van der Waals surface area contributed by atoms with Crippen LogP contribution in [0.4, 0.5) is 4.79 Å². The van der Waals surface area contributed by atoms with Gasteiger partial charge >= 0.3 is 6.03 Å². The summed E-state index contributed by atoms with van der Waals surface area (Å²) in [6.45, 7) is 6.80. The van der Waals surface area contributed by atoms with E-state index in [1.165, 1.54) is 31.5 Å². The molecule has 0 atom stereocenters. The lowest BCUT2D eigenvalue weighted by Crippen LogP contribution is -2.35. The van der Waals surface area contributed by atoms with Gasteiger partial charge in [0.15, 0.2) is 0 Å². The molecule has 0 unspecified atom stereocenters. The Morgan fingerprint density at radius 2 is 1.95 bits per heavy atom. The van der Waals surface area contributed by atoms with Crippen LogP contribution in [0.15, 0.2) is 24.3 Å². The van der Waals surface area contributed by atoms with Crippen molar-refractivity contribution in [3.05, 3.63) is 35.4 Å². The van der Waals surface area contributed by atoms with Crippen molar-refractivity contribution in [2.24, 2.45) is 0 Å². The molecule has 1 aliphatic rings. The summed E-state index contributed by atoms with van der Waals surface area (Å²) in [5.74, 6) is 0. The highest BCUT2D eigenvalue weighted by molar-refractivity contribution is 5.73. The number of amides is 2. The summed E-state index contributed by atoms with van der Waals surface area (Å²) < 4.78 is 0.